The van der Waals surface area contributed by atoms with Crippen molar-refractivity contribution in [3.8, 4) is 0 Å². The molecule has 5 heteroatoms. The van der Waals surface area contributed by atoms with Gasteiger partial charge in [0.1, 0.15) is 11.6 Å². The number of aromatic nitrogens is 2. The lowest BCUT2D eigenvalue weighted by Gasteiger charge is -2.25. The summed E-state index contributed by atoms with van der Waals surface area (Å²) in [5, 5.41) is 0. The zero-order chi connectivity index (χ0) is 15.6. The summed E-state index contributed by atoms with van der Waals surface area (Å²) in [4.78, 5) is 17.5. The highest BCUT2D eigenvalue weighted by atomic mass is 32.2. The largest absolute Gasteiger partial charge is 0.291 e. The maximum absolute atomic E-state index is 13.2. The molecule has 112 valence electrons. The molecule has 2 aromatic rings. The van der Waals surface area contributed by atoms with Gasteiger partial charge in [-0.2, -0.15) is 0 Å². The summed E-state index contributed by atoms with van der Waals surface area (Å²) >= 11 is 1.47. The number of halogens is 1. The molecule has 0 amide bonds. The second kappa shape index (κ2) is 6.02. The quantitative estimate of drug-likeness (QED) is 0.810. The second-order valence-corrected chi connectivity index (χ2v) is 6.95. The number of thioether (sulfide) groups is 1. The van der Waals surface area contributed by atoms with Crippen LogP contribution >= 0.6 is 11.8 Å². The van der Waals surface area contributed by atoms with Crippen molar-refractivity contribution in [2.24, 2.45) is 0 Å². The van der Waals surface area contributed by atoms with Crippen LogP contribution in [0.5, 0.6) is 0 Å². The van der Waals surface area contributed by atoms with Gasteiger partial charge in [-0.1, -0.05) is 6.07 Å². The van der Waals surface area contributed by atoms with E-state index in [1.165, 1.54) is 23.9 Å². The van der Waals surface area contributed by atoms with Crippen LogP contribution in [0.25, 0.3) is 0 Å². The lowest BCUT2D eigenvalue weighted by molar-refractivity contribution is 0.367. The number of rotatable bonds is 3. The predicted molar refractivity (Wildman–Crippen MR) is 84.2 cm³/mol. The van der Waals surface area contributed by atoms with Gasteiger partial charge >= 0.3 is 0 Å². The first-order valence-electron chi connectivity index (χ1n) is 6.76. The molecule has 0 bridgehead atoms. The van der Waals surface area contributed by atoms with Gasteiger partial charge in [-0.15, -0.1) is 11.8 Å². The Hall–Kier alpha value is -1.62. The highest BCUT2D eigenvalue weighted by molar-refractivity contribution is 7.98. The lowest BCUT2D eigenvalue weighted by atomic mass is 10.1. The van der Waals surface area contributed by atoms with E-state index in [1.807, 2.05) is 33.8 Å². The van der Waals surface area contributed by atoms with Gasteiger partial charge in [-0.25, -0.2) is 9.37 Å². The van der Waals surface area contributed by atoms with Gasteiger partial charge in [0.2, 0.25) is 0 Å². The molecular weight excluding hydrogens is 287 g/mol. The Morgan fingerprint density at radius 3 is 2.62 bits per heavy atom. The summed E-state index contributed by atoms with van der Waals surface area (Å²) in [5.41, 5.74) is 0.315. The first-order valence-corrected chi connectivity index (χ1v) is 7.74. The van der Waals surface area contributed by atoms with Crippen LogP contribution in [0.3, 0.4) is 0 Å². The zero-order valence-corrected chi connectivity index (χ0v) is 13.5. The van der Waals surface area contributed by atoms with Crippen LogP contribution in [0.2, 0.25) is 0 Å². The molecule has 0 N–H and O–H groups in total. The summed E-state index contributed by atoms with van der Waals surface area (Å²) in [6.07, 6.45) is 0. The van der Waals surface area contributed by atoms with E-state index in [9.17, 15) is 9.18 Å². The normalized spacial score (nSPS) is 11.7. The molecule has 0 saturated heterocycles. The van der Waals surface area contributed by atoms with Crippen LogP contribution in [0.1, 0.15) is 32.3 Å². The summed E-state index contributed by atoms with van der Waals surface area (Å²) in [5.74, 6) is 0.977. The van der Waals surface area contributed by atoms with Crippen molar-refractivity contribution in [3.05, 3.63) is 58.0 Å². The molecule has 3 nitrogen and oxygen atoms in total. The van der Waals surface area contributed by atoms with Gasteiger partial charge in [0.05, 0.1) is 5.75 Å². The van der Waals surface area contributed by atoms with E-state index in [0.29, 0.717) is 17.3 Å². The van der Waals surface area contributed by atoms with Gasteiger partial charge in [-0.3, -0.25) is 9.36 Å². The van der Waals surface area contributed by atoms with Gasteiger partial charge in [0.25, 0.3) is 5.56 Å². The molecule has 1 aromatic heterocycles. The van der Waals surface area contributed by atoms with Crippen molar-refractivity contribution >= 4 is 11.8 Å². The first-order chi connectivity index (χ1) is 9.77. The fourth-order valence-electron chi connectivity index (χ4n) is 2.18. The van der Waals surface area contributed by atoms with Crippen LogP contribution in [0.15, 0.2) is 40.0 Å². The van der Waals surface area contributed by atoms with Crippen molar-refractivity contribution in [1.82, 2.24) is 9.55 Å². The molecule has 1 aromatic carbocycles. The smallest absolute Gasteiger partial charge is 0.254 e. The molecule has 0 spiro atoms. The van der Waals surface area contributed by atoms with Gasteiger partial charge in [0.15, 0.2) is 0 Å². The highest BCUT2D eigenvalue weighted by Gasteiger charge is 2.19. The Bertz CT molecular complexity index is 704. The van der Waals surface area contributed by atoms with Crippen molar-refractivity contribution in [1.29, 1.82) is 0 Å². The molecule has 0 aliphatic carbocycles. The van der Waals surface area contributed by atoms with E-state index in [0.717, 1.165) is 4.90 Å². The summed E-state index contributed by atoms with van der Waals surface area (Å²) in [6, 6.07) is 7.98. The molecule has 0 aliphatic rings. The van der Waals surface area contributed by atoms with Gasteiger partial charge in [0, 0.05) is 22.2 Å². The molecule has 1 heterocycles. The Morgan fingerprint density at radius 2 is 2.00 bits per heavy atom. The Labute approximate surface area is 128 Å². The lowest BCUT2D eigenvalue weighted by Crippen LogP contribution is -2.36. The third-order valence-corrected chi connectivity index (χ3v) is 3.94. The minimum absolute atomic E-state index is 0.0511. The zero-order valence-electron chi connectivity index (χ0n) is 12.7. The molecule has 0 atom stereocenters. The predicted octanol–water partition coefficient (Wildman–Crippen LogP) is 3.74. The van der Waals surface area contributed by atoms with E-state index in [2.05, 4.69) is 4.98 Å². The highest BCUT2D eigenvalue weighted by Crippen LogP contribution is 2.24. The fourth-order valence-corrected chi connectivity index (χ4v) is 3.04. The third kappa shape index (κ3) is 3.94. The molecule has 21 heavy (non-hydrogen) atoms. The van der Waals surface area contributed by atoms with Crippen molar-refractivity contribution in [2.75, 3.05) is 0 Å². The van der Waals surface area contributed by atoms with Crippen molar-refractivity contribution in [2.45, 2.75) is 43.9 Å². The third-order valence-electron chi connectivity index (χ3n) is 2.95. The fraction of sp³-hybridized carbons (Fsp3) is 0.375. The molecule has 2 rings (SSSR count). The van der Waals surface area contributed by atoms with E-state index < -0.39 is 0 Å². The molecule has 0 aliphatic heterocycles. The van der Waals surface area contributed by atoms with Crippen LogP contribution < -0.4 is 5.56 Å². The minimum atomic E-state index is -0.338. The number of hydrogen-bond acceptors (Lipinski definition) is 3. The Morgan fingerprint density at radius 1 is 1.29 bits per heavy atom. The number of nitrogens with zero attached hydrogens (tertiary/aromatic N) is 2. The van der Waals surface area contributed by atoms with Crippen LogP contribution in [0, 0.1) is 12.7 Å². The summed E-state index contributed by atoms with van der Waals surface area (Å²) < 4.78 is 14.9. The minimum Gasteiger partial charge on any atom is -0.291 e. The van der Waals surface area contributed by atoms with Gasteiger partial charge in [-0.05, 0) is 45.9 Å². The average molecular weight is 306 g/mol. The maximum atomic E-state index is 13.2. The second-order valence-electron chi connectivity index (χ2n) is 5.90. The molecular formula is C16H19FN2OS. The topological polar surface area (TPSA) is 34.9 Å². The van der Waals surface area contributed by atoms with E-state index in [1.54, 1.807) is 16.7 Å². The Kier molecular flexibility index (Phi) is 4.52. The number of hydrogen-bond donors (Lipinski definition) is 0. The van der Waals surface area contributed by atoms with E-state index >= 15 is 0 Å². The van der Waals surface area contributed by atoms with E-state index in [-0.39, 0.29) is 16.9 Å². The summed E-state index contributed by atoms with van der Waals surface area (Å²) in [6.45, 7) is 7.73. The molecule has 0 radical (unpaired) electrons. The SMILES string of the molecule is Cc1cc(=O)n(C(C)(C)C)c(CSc2cccc(F)c2)n1. The summed E-state index contributed by atoms with van der Waals surface area (Å²) in [7, 11) is 0. The standard InChI is InChI=1S/C16H19FN2OS/c1-11-8-15(20)19(16(2,3)4)14(18-11)10-21-13-7-5-6-12(17)9-13/h5-9H,10H2,1-4H3. The van der Waals surface area contributed by atoms with Crippen molar-refractivity contribution < 1.29 is 4.39 Å². The number of aryl methyl sites for hydroxylation is 1. The van der Waals surface area contributed by atoms with Gasteiger partial charge < -0.3 is 0 Å². The number of benzene rings is 1. The first kappa shape index (κ1) is 15.8. The molecule has 0 fully saturated rings. The van der Waals surface area contributed by atoms with E-state index in [4.69, 9.17) is 0 Å². The average Bonchev–Trinajstić information content (AvgIpc) is 2.33. The van der Waals surface area contributed by atoms with Crippen LogP contribution in [-0.4, -0.2) is 9.55 Å². The van der Waals surface area contributed by atoms with Crippen LogP contribution in [0.4, 0.5) is 4.39 Å². The monoisotopic (exact) mass is 306 g/mol. The molecule has 0 unspecified atom stereocenters. The van der Waals surface area contributed by atoms with Crippen molar-refractivity contribution in [3.63, 3.8) is 0 Å². The van der Waals surface area contributed by atoms with Crippen LogP contribution in [-0.2, 0) is 11.3 Å². The molecule has 0 saturated carbocycles. The Balaban J connectivity index is 2.33. The maximum Gasteiger partial charge on any atom is 0.254 e.